The molecule has 2 rings (SSSR count). The second kappa shape index (κ2) is 6.64. The van der Waals surface area contributed by atoms with Crippen LogP contribution in [0.25, 0.3) is 0 Å². The van der Waals surface area contributed by atoms with Gasteiger partial charge in [-0.2, -0.15) is 0 Å². The number of aromatic nitrogens is 2. The summed E-state index contributed by atoms with van der Waals surface area (Å²) < 4.78 is 1.01. The van der Waals surface area contributed by atoms with Crippen molar-refractivity contribution < 1.29 is 0 Å². The van der Waals surface area contributed by atoms with Crippen LogP contribution in [0.1, 0.15) is 70.8 Å². The van der Waals surface area contributed by atoms with Crippen LogP contribution in [0.2, 0.25) is 0 Å². The van der Waals surface area contributed by atoms with Crippen LogP contribution in [0.5, 0.6) is 0 Å². The molecule has 1 heterocycles. The molecule has 0 atom stereocenters. The van der Waals surface area contributed by atoms with Crippen LogP contribution >= 0.6 is 15.9 Å². The quantitative estimate of drug-likeness (QED) is 0.814. The summed E-state index contributed by atoms with van der Waals surface area (Å²) >= 11 is 3.61. The van der Waals surface area contributed by atoms with E-state index in [9.17, 15) is 0 Å². The summed E-state index contributed by atoms with van der Waals surface area (Å²) in [4.78, 5) is 9.55. The van der Waals surface area contributed by atoms with Crippen molar-refractivity contribution in [2.24, 2.45) is 11.3 Å². The van der Waals surface area contributed by atoms with E-state index < -0.39 is 0 Å². The van der Waals surface area contributed by atoms with Gasteiger partial charge in [0.1, 0.15) is 11.6 Å². The minimum Gasteiger partial charge on any atom is -0.372 e. The summed E-state index contributed by atoms with van der Waals surface area (Å²) in [6, 6.07) is 0. The van der Waals surface area contributed by atoms with Crippen molar-refractivity contribution in [2.75, 3.05) is 12.4 Å². The normalized spacial score (nSPS) is 23.1. The van der Waals surface area contributed by atoms with Crippen molar-refractivity contribution in [3.63, 3.8) is 0 Å². The SMILES string of the molecule is CCc1nc(C2CCC(C(C)(C)C)CC2)nc(NC)c1Br. The van der Waals surface area contributed by atoms with Crippen molar-refractivity contribution >= 4 is 21.7 Å². The summed E-state index contributed by atoms with van der Waals surface area (Å²) in [5.41, 5.74) is 1.54. The molecule has 1 N–H and O–H groups in total. The number of nitrogens with one attached hydrogen (secondary N) is 1. The number of hydrogen-bond acceptors (Lipinski definition) is 3. The van der Waals surface area contributed by atoms with Crippen molar-refractivity contribution in [3.8, 4) is 0 Å². The molecule has 1 fully saturated rings. The van der Waals surface area contributed by atoms with Crippen molar-refractivity contribution in [3.05, 3.63) is 16.0 Å². The lowest BCUT2D eigenvalue weighted by atomic mass is 9.69. The monoisotopic (exact) mass is 353 g/mol. The van der Waals surface area contributed by atoms with Crippen molar-refractivity contribution in [1.82, 2.24) is 9.97 Å². The molecular weight excluding hydrogens is 326 g/mol. The highest BCUT2D eigenvalue weighted by Crippen LogP contribution is 2.43. The predicted molar refractivity (Wildman–Crippen MR) is 92.8 cm³/mol. The number of rotatable bonds is 3. The van der Waals surface area contributed by atoms with Gasteiger partial charge in [0, 0.05) is 13.0 Å². The van der Waals surface area contributed by atoms with Gasteiger partial charge < -0.3 is 5.32 Å². The van der Waals surface area contributed by atoms with Gasteiger partial charge in [0.25, 0.3) is 0 Å². The van der Waals surface area contributed by atoms with Crippen LogP contribution in [-0.4, -0.2) is 17.0 Å². The zero-order chi connectivity index (χ0) is 15.6. The van der Waals surface area contributed by atoms with Gasteiger partial charge >= 0.3 is 0 Å². The Morgan fingerprint density at radius 3 is 2.24 bits per heavy atom. The highest BCUT2D eigenvalue weighted by atomic mass is 79.9. The summed E-state index contributed by atoms with van der Waals surface area (Å²) in [6.45, 7) is 9.24. The molecule has 21 heavy (non-hydrogen) atoms. The Hall–Kier alpha value is -0.640. The fraction of sp³-hybridized carbons (Fsp3) is 0.765. The third kappa shape index (κ3) is 3.77. The minimum atomic E-state index is 0.427. The standard InChI is InChI=1S/C17H28BrN3/c1-6-13-14(18)16(19-5)21-15(20-13)11-7-9-12(10-8-11)17(2,3)4/h11-12H,6-10H2,1-5H3,(H,19,20,21). The second-order valence-corrected chi connectivity index (χ2v) is 8.00. The molecule has 0 unspecified atom stereocenters. The molecule has 1 saturated carbocycles. The van der Waals surface area contributed by atoms with E-state index in [0.29, 0.717) is 11.3 Å². The number of hydrogen-bond donors (Lipinski definition) is 1. The van der Waals surface area contributed by atoms with Gasteiger partial charge in [-0.3, -0.25) is 0 Å². The Labute approximate surface area is 137 Å². The lowest BCUT2D eigenvalue weighted by molar-refractivity contribution is 0.167. The Morgan fingerprint density at radius 2 is 1.76 bits per heavy atom. The van der Waals surface area contributed by atoms with E-state index in [4.69, 9.17) is 9.97 Å². The van der Waals surface area contributed by atoms with E-state index in [1.807, 2.05) is 7.05 Å². The van der Waals surface area contributed by atoms with Gasteiger partial charge in [0.2, 0.25) is 0 Å². The number of nitrogens with zero attached hydrogens (tertiary/aromatic N) is 2. The van der Waals surface area contributed by atoms with Gasteiger partial charge in [-0.1, -0.05) is 27.7 Å². The zero-order valence-corrected chi connectivity index (χ0v) is 15.5. The summed E-state index contributed by atoms with van der Waals surface area (Å²) in [6.07, 6.45) is 5.96. The first-order valence-corrected chi connectivity index (χ1v) is 8.90. The van der Waals surface area contributed by atoms with E-state index in [0.717, 1.165) is 34.1 Å². The fourth-order valence-electron chi connectivity index (χ4n) is 3.31. The largest absolute Gasteiger partial charge is 0.372 e. The van der Waals surface area contributed by atoms with Gasteiger partial charge in [0.15, 0.2) is 0 Å². The Balaban J connectivity index is 2.17. The summed E-state index contributed by atoms with van der Waals surface area (Å²) in [5.74, 6) is 3.31. The molecule has 1 aromatic heterocycles. The molecule has 1 aromatic rings. The molecule has 1 aliphatic rings. The molecule has 3 nitrogen and oxygen atoms in total. The summed E-state index contributed by atoms with van der Waals surface area (Å²) in [5, 5.41) is 3.18. The molecular formula is C17H28BrN3. The topological polar surface area (TPSA) is 37.8 Å². The van der Waals surface area contributed by atoms with Gasteiger partial charge in [-0.25, -0.2) is 9.97 Å². The fourth-order valence-corrected chi connectivity index (χ4v) is 3.97. The lowest BCUT2D eigenvalue weighted by Crippen LogP contribution is -2.26. The van der Waals surface area contributed by atoms with Crippen LogP contribution in [0, 0.1) is 11.3 Å². The third-order valence-electron chi connectivity index (χ3n) is 4.83. The number of halogens is 1. The van der Waals surface area contributed by atoms with E-state index in [-0.39, 0.29) is 0 Å². The molecule has 4 heteroatoms. The van der Waals surface area contributed by atoms with E-state index >= 15 is 0 Å². The van der Waals surface area contributed by atoms with Gasteiger partial charge in [0.05, 0.1) is 10.2 Å². The van der Waals surface area contributed by atoms with Crippen LogP contribution < -0.4 is 5.32 Å². The number of anilines is 1. The molecule has 0 saturated heterocycles. The molecule has 0 bridgehead atoms. The first-order chi connectivity index (χ1) is 9.86. The molecule has 0 spiro atoms. The molecule has 0 amide bonds. The highest BCUT2D eigenvalue weighted by molar-refractivity contribution is 9.10. The van der Waals surface area contributed by atoms with Gasteiger partial charge in [-0.15, -0.1) is 0 Å². The average molecular weight is 354 g/mol. The van der Waals surface area contributed by atoms with Gasteiger partial charge in [-0.05, 0) is 59.4 Å². The first kappa shape index (κ1) is 16.7. The molecule has 1 aliphatic carbocycles. The van der Waals surface area contributed by atoms with E-state index in [1.165, 1.54) is 25.7 Å². The Kier molecular flexibility index (Phi) is 5.29. The summed E-state index contributed by atoms with van der Waals surface area (Å²) in [7, 11) is 1.92. The van der Waals surface area contributed by atoms with Crippen molar-refractivity contribution in [2.45, 2.75) is 65.7 Å². The van der Waals surface area contributed by atoms with Crippen LogP contribution in [-0.2, 0) is 6.42 Å². The average Bonchev–Trinajstić information content (AvgIpc) is 2.47. The predicted octanol–water partition coefficient (Wildman–Crippen LogP) is 5.16. The van der Waals surface area contributed by atoms with E-state index in [1.54, 1.807) is 0 Å². The third-order valence-corrected chi connectivity index (χ3v) is 5.66. The maximum Gasteiger partial charge on any atom is 0.144 e. The second-order valence-electron chi connectivity index (χ2n) is 7.21. The number of aryl methyl sites for hydroxylation is 1. The van der Waals surface area contributed by atoms with Crippen LogP contribution in [0.15, 0.2) is 4.47 Å². The first-order valence-electron chi connectivity index (χ1n) is 8.10. The highest BCUT2D eigenvalue weighted by Gasteiger charge is 2.31. The smallest absolute Gasteiger partial charge is 0.144 e. The molecule has 118 valence electrons. The van der Waals surface area contributed by atoms with E-state index in [2.05, 4.69) is 48.9 Å². The van der Waals surface area contributed by atoms with Crippen molar-refractivity contribution in [1.29, 1.82) is 0 Å². The van der Waals surface area contributed by atoms with Crippen LogP contribution in [0.3, 0.4) is 0 Å². The minimum absolute atomic E-state index is 0.427. The van der Waals surface area contributed by atoms with Crippen LogP contribution in [0.4, 0.5) is 5.82 Å². The maximum atomic E-state index is 4.81. The maximum absolute atomic E-state index is 4.81. The Morgan fingerprint density at radius 1 is 1.14 bits per heavy atom. The molecule has 0 aromatic carbocycles. The molecule has 0 aliphatic heterocycles. The molecule has 0 radical (unpaired) electrons. The zero-order valence-electron chi connectivity index (χ0n) is 14.0. The lowest BCUT2D eigenvalue weighted by Gasteiger charge is -2.36. The Bertz CT molecular complexity index is 460.